The zero-order valence-corrected chi connectivity index (χ0v) is 20.6. The highest BCUT2D eigenvalue weighted by Crippen LogP contribution is 2.63. The molecule has 0 aromatic rings. The molecule has 0 rings (SSSR count). The highest BCUT2D eigenvalue weighted by molar-refractivity contribution is 5.69. The van der Waals surface area contributed by atoms with Gasteiger partial charge in [0.05, 0.1) is 6.42 Å². The summed E-state index contributed by atoms with van der Waals surface area (Å²) in [6.45, 7) is 0.843. The van der Waals surface area contributed by atoms with Gasteiger partial charge in [0.15, 0.2) is 6.61 Å². The summed E-state index contributed by atoms with van der Waals surface area (Å²) in [7, 11) is 0. The van der Waals surface area contributed by atoms with Crippen molar-refractivity contribution in [3.63, 3.8) is 0 Å². The SMILES string of the molecule is CCCCN(CCCC)CCC(=O)OCC(F)(F)C(F)(F)C(F)(F)C(F)(F)C(F)(F)C(F)(F)C(F)(F)C(F)(F)F. The molecule has 0 amide bonds. The smallest absolute Gasteiger partial charge is 0.459 e. The number of hydrogen-bond acceptors (Lipinski definition) is 3. The van der Waals surface area contributed by atoms with Gasteiger partial charge in [-0.15, -0.1) is 0 Å². The minimum Gasteiger partial charge on any atom is -0.459 e. The number of esters is 1. The second-order valence-electron chi connectivity index (χ2n) is 8.61. The summed E-state index contributed by atoms with van der Waals surface area (Å²) in [5, 5.41) is 0. The molecule has 0 heterocycles. The van der Waals surface area contributed by atoms with Crippen LogP contribution in [0.25, 0.3) is 0 Å². The van der Waals surface area contributed by atoms with Gasteiger partial charge in [0.2, 0.25) is 0 Å². The number of hydrogen-bond donors (Lipinski definition) is 0. The minimum atomic E-state index is -8.70. The average molecular weight is 633 g/mol. The quantitative estimate of drug-likeness (QED) is 0.121. The molecule has 0 bridgehead atoms. The van der Waals surface area contributed by atoms with E-state index < -0.39 is 66.6 Å². The van der Waals surface area contributed by atoms with Gasteiger partial charge >= 0.3 is 53.6 Å². The lowest BCUT2D eigenvalue weighted by molar-refractivity contribution is -0.462. The van der Waals surface area contributed by atoms with Crippen molar-refractivity contribution in [1.29, 1.82) is 0 Å². The maximum absolute atomic E-state index is 13.8. The first kappa shape index (κ1) is 38.2. The summed E-state index contributed by atoms with van der Waals surface area (Å²) in [6, 6.07) is 0. The number of carbonyl (C=O) groups excluding carboxylic acids is 1. The molecule has 3 nitrogen and oxygen atoms in total. The predicted octanol–water partition coefficient (Wildman–Crippen LogP) is 7.83. The Labute approximate surface area is 216 Å². The van der Waals surface area contributed by atoms with Crippen LogP contribution in [-0.4, -0.2) is 84.7 Å². The van der Waals surface area contributed by atoms with Gasteiger partial charge in [-0.3, -0.25) is 4.79 Å². The van der Waals surface area contributed by atoms with E-state index in [9.17, 15) is 79.4 Å². The first-order chi connectivity index (χ1) is 17.6. The predicted molar refractivity (Wildman–Crippen MR) is 103 cm³/mol. The third kappa shape index (κ3) is 6.99. The van der Waals surface area contributed by atoms with Crippen molar-refractivity contribution in [3.05, 3.63) is 0 Å². The summed E-state index contributed by atoms with van der Waals surface area (Å²) in [4.78, 5) is 13.2. The fourth-order valence-corrected chi connectivity index (χ4v) is 2.88. The lowest BCUT2D eigenvalue weighted by atomic mass is 9.89. The molecule has 0 aromatic heterocycles. The zero-order valence-electron chi connectivity index (χ0n) is 20.6. The van der Waals surface area contributed by atoms with E-state index in [4.69, 9.17) is 0 Å². The molecule has 0 aliphatic heterocycles. The number of alkyl halides is 17. The lowest BCUT2D eigenvalue weighted by Crippen LogP contribution is -2.74. The number of nitrogens with zero attached hydrogens (tertiary/aromatic N) is 1. The van der Waals surface area contributed by atoms with Gasteiger partial charge in [-0.05, 0) is 25.9 Å². The molecule has 0 aliphatic carbocycles. The maximum Gasteiger partial charge on any atom is 0.460 e. The van der Waals surface area contributed by atoms with Crippen LogP contribution < -0.4 is 0 Å². The van der Waals surface area contributed by atoms with Crippen LogP contribution >= 0.6 is 0 Å². The van der Waals surface area contributed by atoms with Gasteiger partial charge in [-0.1, -0.05) is 26.7 Å². The van der Waals surface area contributed by atoms with Crippen molar-refractivity contribution >= 4 is 5.97 Å². The van der Waals surface area contributed by atoms with E-state index in [1.54, 1.807) is 18.7 Å². The molecule has 0 saturated carbocycles. The average Bonchev–Trinajstić information content (AvgIpc) is 2.80. The van der Waals surface area contributed by atoms with Crippen molar-refractivity contribution in [2.24, 2.45) is 0 Å². The van der Waals surface area contributed by atoms with E-state index in [1.165, 1.54) is 0 Å². The molecule has 0 atom stereocenters. The highest BCUT2D eigenvalue weighted by atomic mass is 19.4. The van der Waals surface area contributed by atoms with E-state index in [0.717, 1.165) is 0 Å². The monoisotopic (exact) mass is 633 g/mol. The molecule has 0 saturated heterocycles. The Bertz CT molecular complexity index is 818. The van der Waals surface area contributed by atoms with E-state index in [-0.39, 0.29) is 6.54 Å². The van der Waals surface area contributed by atoms with Crippen LogP contribution in [0.3, 0.4) is 0 Å². The molecule has 40 heavy (non-hydrogen) atoms. The van der Waals surface area contributed by atoms with E-state index in [0.29, 0.717) is 38.8 Å². The van der Waals surface area contributed by atoms with E-state index >= 15 is 0 Å². The van der Waals surface area contributed by atoms with Gasteiger partial charge in [0, 0.05) is 6.54 Å². The molecule has 240 valence electrons. The van der Waals surface area contributed by atoms with Crippen LogP contribution in [-0.2, 0) is 9.53 Å². The second-order valence-corrected chi connectivity index (χ2v) is 8.61. The summed E-state index contributed by atoms with van der Waals surface area (Å²) in [6.07, 6.45) is -6.14. The van der Waals surface area contributed by atoms with Crippen molar-refractivity contribution in [2.45, 2.75) is 93.6 Å². The van der Waals surface area contributed by atoms with E-state index in [2.05, 4.69) is 4.74 Å². The Morgan fingerprint density at radius 3 is 1.25 bits per heavy atom. The molecular formula is C20H24F17NO2. The zero-order chi connectivity index (χ0) is 32.2. The Kier molecular flexibility index (Phi) is 12.1. The van der Waals surface area contributed by atoms with Crippen LogP contribution in [0.1, 0.15) is 46.0 Å². The van der Waals surface area contributed by atoms with Crippen molar-refractivity contribution in [2.75, 3.05) is 26.2 Å². The molecule has 0 spiro atoms. The number of halogens is 17. The maximum atomic E-state index is 13.8. The van der Waals surface area contributed by atoms with Crippen LogP contribution in [0, 0.1) is 0 Å². The molecule has 0 unspecified atom stereocenters. The molecule has 0 fully saturated rings. The molecular weight excluding hydrogens is 609 g/mol. The minimum absolute atomic E-state index is 0.246. The third-order valence-corrected chi connectivity index (χ3v) is 5.49. The van der Waals surface area contributed by atoms with Crippen LogP contribution in [0.15, 0.2) is 0 Å². The van der Waals surface area contributed by atoms with E-state index in [1.807, 2.05) is 0 Å². The fraction of sp³-hybridized carbons (Fsp3) is 0.950. The number of rotatable bonds is 17. The molecule has 0 aromatic carbocycles. The largest absolute Gasteiger partial charge is 0.460 e. The third-order valence-electron chi connectivity index (χ3n) is 5.49. The Morgan fingerprint density at radius 2 is 0.900 bits per heavy atom. The number of carbonyl (C=O) groups is 1. The van der Waals surface area contributed by atoms with Gasteiger partial charge in [-0.2, -0.15) is 74.6 Å². The van der Waals surface area contributed by atoms with Gasteiger partial charge < -0.3 is 9.64 Å². The standard InChI is InChI=1S/C20H24F17NO2/c1-3-5-8-38(9-6-4-2)10-7-12(39)40-11-13(21,22)14(23,24)15(25,26)16(27,28)17(29,30)18(31,32)19(33,34)20(35,36)37/h3-11H2,1-2H3. The van der Waals surface area contributed by atoms with Gasteiger partial charge in [0.25, 0.3) is 0 Å². The molecule has 0 N–H and O–H groups in total. The Hall–Kier alpha value is -1.76. The number of unbranched alkanes of at least 4 members (excludes halogenated alkanes) is 2. The summed E-state index contributed by atoms with van der Waals surface area (Å²) >= 11 is 0. The summed E-state index contributed by atoms with van der Waals surface area (Å²) in [5.41, 5.74) is 0. The topological polar surface area (TPSA) is 29.5 Å². The van der Waals surface area contributed by atoms with Crippen LogP contribution in [0.2, 0.25) is 0 Å². The summed E-state index contributed by atoms with van der Waals surface area (Å²) < 4.78 is 229. The van der Waals surface area contributed by atoms with Crippen LogP contribution in [0.5, 0.6) is 0 Å². The first-order valence-corrected chi connectivity index (χ1v) is 11.2. The highest BCUT2D eigenvalue weighted by Gasteiger charge is 2.95. The van der Waals surface area contributed by atoms with Crippen molar-refractivity contribution in [1.82, 2.24) is 4.90 Å². The Balaban J connectivity index is 5.94. The van der Waals surface area contributed by atoms with Crippen molar-refractivity contribution in [3.8, 4) is 0 Å². The van der Waals surface area contributed by atoms with Crippen molar-refractivity contribution < 1.29 is 84.2 Å². The fourth-order valence-electron chi connectivity index (χ4n) is 2.88. The molecule has 0 aliphatic rings. The Morgan fingerprint density at radius 1 is 0.550 bits per heavy atom. The molecule has 20 heteroatoms. The lowest BCUT2D eigenvalue weighted by Gasteiger charge is -2.42. The number of ether oxygens (including phenoxy) is 1. The van der Waals surface area contributed by atoms with Gasteiger partial charge in [0.1, 0.15) is 0 Å². The first-order valence-electron chi connectivity index (χ1n) is 11.2. The summed E-state index contributed by atoms with van der Waals surface area (Å²) in [5.74, 6) is -59.0. The van der Waals surface area contributed by atoms with Crippen LogP contribution in [0.4, 0.5) is 74.6 Å². The molecule has 0 radical (unpaired) electrons. The van der Waals surface area contributed by atoms with Gasteiger partial charge in [-0.25, -0.2) is 0 Å². The second kappa shape index (κ2) is 12.6. The normalized spacial score (nSPS) is 15.1.